The average molecular weight is 242 g/mol. The third kappa shape index (κ3) is 5.36. The second-order valence-electron chi connectivity index (χ2n) is 5.39. The number of hydrogen-bond acceptors (Lipinski definition) is 3. The molecule has 1 aliphatic heterocycles. The first-order valence-corrected chi connectivity index (χ1v) is 7.31. The fourth-order valence-corrected chi connectivity index (χ4v) is 2.64. The topological polar surface area (TPSA) is 35.5 Å². The number of nitrogens with one attached hydrogen (secondary N) is 1. The second kappa shape index (κ2) is 8.06. The quantitative estimate of drug-likeness (QED) is 0.715. The Hall–Kier alpha value is -0.120. The molecular formula is C14H30N2O. The van der Waals surface area contributed by atoms with Gasteiger partial charge in [-0.05, 0) is 58.2 Å². The predicted octanol–water partition coefficient (Wildman–Crippen LogP) is 1.86. The van der Waals surface area contributed by atoms with E-state index < -0.39 is 0 Å². The number of aliphatic hydroxyl groups is 1. The Balaban J connectivity index is 2.20. The Kier molecular flexibility index (Phi) is 7.09. The van der Waals surface area contributed by atoms with Crippen LogP contribution < -0.4 is 5.32 Å². The van der Waals surface area contributed by atoms with Gasteiger partial charge in [-0.15, -0.1) is 0 Å². The third-order valence-electron chi connectivity index (χ3n) is 4.11. The molecular weight excluding hydrogens is 212 g/mol. The zero-order valence-corrected chi connectivity index (χ0v) is 11.8. The summed E-state index contributed by atoms with van der Waals surface area (Å²) in [6.07, 6.45) is 4.30. The van der Waals surface area contributed by atoms with Gasteiger partial charge in [-0.25, -0.2) is 0 Å². The van der Waals surface area contributed by atoms with Crippen LogP contribution >= 0.6 is 0 Å². The van der Waals surface area contributed by atoms with Gasteiger partial charge in [-0.1, -0.05) is 13.8 Å². The maximum atomic E-state index is 9.51. The van der Waals surface area contributed by atoms with E-state index in [1.807, 2.05) is 6.92 Å². The summed E-state index contributed by atoms with van der Waals surface area (Å²) in [6, 6.07) is 0.577. The lowest BCUT2D eigenvalue weighted by molar-refractivity contribution is 0.143. The van der Waals surface area contributed by atoms with Gasteiger partial charge in [0.15, 0.2) is 0 Å². The van der Waals surface area contributed by atoms with Crippen molar-refractivity contribution in [2.45, 2.75) is 58.6 Å². The summed E-state index contributed by atoms with van der Waals surface area (Å²) in [5.74, 6) is 0.780. The lowest BCUT2D eigenvalue weighted by Gasteiger charge is -2.35. The minimum absolute atomic E-state index is 0.131. The van der Waals surface area contributed by atoms with Gasteiger partial charge in [0.25, 0.3) is 0 Å². The lowest BCUT2D eigenvalue weighted by atomic mass is 9.91. The zero-order chi connectivity index (χ0) is 12.7. The maximum Gasteiger partial charge on any atom is 0.0549 e. The first-order valence-electron chi connectivity index (χ1n) is 7.31. The number of piperidine rings is 1. The molecule has 17 heavy (non-hydrogen) atoms. The molecule has 3 nitrogen and oxygen atoms in total. The van der Waals surface area contributed by atoms with Crippen molar-refractivity contribution in [3.8, 4) is 0 Å². The summed E-state index contributed by atoms with van der Waals surface area (Å²) < 4.78 is 0. The van der Waals surface area contributed by atoms with Crippen LogP contribution in [0.3, 0.4) is 0 Å². The molecule has 0 aliphatic carbocycles. The summed E-state index contributed by atoms with van der Waals surface area (Å²) in [6.45, 7) is 11.2. The van der Waals surface area contributed by atoms with Crippen molar-refractivity contribution in [3.05, 3.63) is 0 Å². The number of aliphatic hydroxyl groups excluding tert-OH is 1. The van der Waals surface area contributed by atoms with Gasteiger partial charge < -0.3 is 15.3 Å². The van der Waals surface area contributed by atoms with E-state index in [0.717, 1.165) is 25.3 Å². The van der Waals surface area contributed by atoms with Crippen LogP contribution in [0.2, 0.25) is 0 Å². The molecule has 0 radical (unpaired) electrons. The van der Waals surface area contributed by atoms with E-state index in [0.29, 0.717) is 6.04 Å². The van der Waals surface area contributed by atoms with Crippen LogP contribution in [0.15, 0.2) is 0 Å². The van der Waals surface area contributed by atoms with Crippen LogP contribution in [0.5, 0.6) is 0 Å². The zero-order valence-electron chi connectivity index (χ0n) is 11.8. The normalized spacial score (nSPS) is 25.8. The molecule has 3 atom stereocenters. The SMILES string of the molecule is CCC(O)CCNC(C)C1CCCN(CC)C1. The summed E-state index contributed by atoms with van der Waals surface area (Å²) in [5.41, 5.74) is 0. The highest BCUT2D eigenvalue weighted by Gasteiger charge is 2.23. The van der Waals surface area contributed by atoms with Crippen molar-refractivity contribution in [1.82, 2.24) is 10.2 Å². The van der Waals surface area contributed by atoms with Crippen LogP contribution in [0.1, 0.15) is 46.5 Å². The molecule has 0 aromatic carbocycles. The summed E-state index contributed by atoms with van der Waals surface area (Å²) in [4.78, 5) is 2.55. The highest BCUT2D eigenvalue weighted by Crippen LogP contribution is 2.19. The van der Waals surface area contributed by atoms with Gasteiger partial charge in [0.05, 0.1) is 6.10 Å². The highest BCUT2D eigenvalue weighted by molar-refractivity contribution is 4.80. The molecule has 3 heteroatoms. The molecule has 1 aliphatic rings. The fraction of sp³-hybridized carbons (Fsp3) is 1.00. The molecule has 2 N–H and O–H groups in total. The second-order valence-corrected chi connectivity index (χ2v) is 5.39. The van der Waals surface area contributed by atoms with Crippen LogP contribution in [-0.2, 0) is 0 Å². The summed E-state index contributed by atoms with van der Waals surface area (Å²) >= 11 is 0. The van der Waals surface area contributed by atoms with Crippen LogP contribution in [-0.4, -0.2) is 48.3 Å². The Bertz CT molecular complexity index is 199. The number of likely N-dealkylation sites (tertiary alicyclic amines) is 1. The smallest absolute Gasteiger partial charge is 0.0549 e. The summed E-state index contributed by atoms with van der Waals surface area (Å²) in [5, 5.41) is 13.1. The van der Waals surface area contributed by atoms with Crippen molar-refractivity contribution in [2.24, 2.45) is 5.92 Å². The van der Waals surface area contributed by atoms with Crippen molar-refractivity contribution in [3.63, 3.8) is 0 Å². The van der Waals surface area contributed by atoms with Crippen molar-refractivity contribution < 1.29 is 5.11 Å². The lowest BCUT2D eigenvalue weighted by Crippen LogP contribution is -2.44. The van der Waals surface area contributed by atoms with Gasteiger partial charge >= 0.3 is 0 Å². The van der Waals surface area contributed by atoms with E-state index in [1.54, 1.807) is 0 Å². The average Bonchev–Trinajstić information content (AvgIpc) is 2.38. The highest BCUT2D eigenvalue weighted by atomic mass is 16.3. The molecule has 1 saturated heterocycles. The van der Waals surface area contributed by atoms with Crippen molar-refractivity contribution >= 4 is 0 Å². The number of rotatable bonds is 7. The first-order chi connectivity index (χ1) is 8.17. The van der Waals surface area contributed by atoms with Gasteiger partial charge in [0.1, 0.15) is 0 Å². The molecule has 0 amide bonds. The van der Waals surface area contributed by atoms with E-state index in [2.05, 4.69) is 24.1 Å². The minimum atomic E-state index is -0.131. The Morgan fingerprint density at radius 1 is 1.41 bits per heavy atom. The molecule has 0 saturated carbocycles. The molecule has 102 valence electrons. The fourth-order valence-electron chi connectivity index (χ4n) is 2.64. The van der Waals surface area contributed by atoms with Crippen molar-refractivity contribution in [1.29, 1.82) is 0 Å². The molecule has 1 heterocycles. The van der Waals surface area contributed by atoms with E-state index in [9.17, 15) is 5.11 Å². The van der Waals surface area contributed by atoms with Crippen LogP contribution in [0, 0.1) is 5.92 Å². The summed E-state index contributed by atoms with van der Waals surface area (Å²) in [7, 11) is 0. The standard InChI is InChI=1S/C14H30N2O/c1-4-14(17)8-9-15-12(3)13-7-6-10-16(5-2)11-13/h12-15,17H,4-11H2,1-3H3. The van der Waals surface area contributed by atoms with Gasteiger partial charge in [-0.3, -0.25) is 0 Å². The molecule has 0 spiro atoms. The van der Waals surface area contributed by atoms with Gasteiger partial charge in [-0.2, -0.15) is 0 Å². The minimum Gasteiger partial charge on any atom is -0.393 e. The van der Waals surface area contributed by atoms with E-state index >= 15 is 0 Å². The van der Waals surface area contributed by atoms with E-state index in [4.69, 9.17) is 0 Å². The number of nitrogens with zero attached hydrogens (tertiary/aromatic N) is 1. The molecule has 0 aromatic heterocycles. The molecule has 0 aromatic rings. The van der Waals surface area contributed by atoms with E-state index in [1.165, 1.54) is 32.5 Å². The number of hydrogen-bond donors (Lipinski definition) is 2. The van der Waals surface area contributed by atoms with Crippen LogP contribution in [0.25, 0.3) is 0 Å². The van der Waals surface area contributed by atoms with E-state index in [-0.39, 0.29) is 6.10 Å². The van der Waals surface area contributed by atoms with Gasteiger partial charge in [0.2, 0.25) is 0 Å². The maximum absolute atomic E-state index is 9.51. The Morgan fingerprint density at radius 3 is 2.82 bits per heavy atom. The first kappa shape index (κ1) is 14.9. The third-order valence-corrected chi connectivity index (χ3v) is 4.11. The largest absolute Gasteiger partial charge is 0.393 e. The van der Waals surface area contributed by atoms with Crippen molar-refractivity contribution in [2.75, 3.05) is 26.2 Å². The molecule has 0 bridgehead atoms. The molecule has 3 unspecified atom stereocenters. The Morgan fingerprint density at radius 2 is 2.18 bits per heavy atom. The predicted molar refractivity (Wildman–Crippen MR) is 73.2 cm³/mol. The van der Waals surface area contributed by atoms with Gasteiger partial charge in [0, 0.05) is 12.6 Å². The molecule has 1 fully saturated rings. The monoisotopic (exact) mass is 242 g/mol. The molecule has 1 rings (SSSR count). The van der Waals surface area contributed by atoms with Crippen LogP contribution in [0.4, 0.5) is 0 Å². The Labute approximate surface area is 107 Å².